The average Bonchev–Trinajstić information content (AvgIpc) is 2.87. The molecule has 2 N–H and O–H groups in total. The van der Waals surface area contributed by atoms with Crippen LogP contribution in [0.5, 0.6) is 5.75 Å². The zero-order valence-corrected chi connectivity index (χ0v) is 21.0. The number of ether oxygens (including phenoxy) is 2. The van der Waals surface area contributed by atoms with Gasteiger partial charge in [0.15, 0.2) is 0 Å². The molecule has 1 amide bonds. The Morgan fingerprint density at radius 2 is 1.78 bits per heavy atom. The second-order valence-corrected chi connectivity index (χ2v) is 10.1. The number of hydrogen-bond acceptors (Lipinski definition) is 6. The Bertz CT molecular complexity index is 1330. The summed E-state index contributed by atoms with van der Waals surface area (Å²) < 4.78 is 54.1. The fourth-order valence-corrected chi connectivity index (χ4v) is 5.35. The highest BCUT2D eigenvalue weighted by Crippen LogP contribution is 2.31. The smallest absolute Gasteiger partial charge is 0.264 e. The highest BCUT2D eigenvalue weighted by atomic mass is 35.5. The maximum atomic E-state index is 14.1. The molecule has 190 valence electrons. The van der Waals surface area contributed by atoms with E-state index in [4.69, 9.17) is 21.1 Å². The zero-order valence-electron chi connectivity index (χ0n) is 19.5. The summed E-state index contributed by atoms with van der Waals surface area (Å²) in [6.07, 6.45) is -0.303. The molecule has 0 radical (unpaired) electrons. The van der Waals surface area contributed by atoms with Crippen LogP contribution in [0.15, 0.2) is 65.6 Å². The molecule has 4 rings (SSSR count). The minimum atomic E-state index is -4.05. The highest BCUT2D eigenvalue weighted by molar-refractivity contribution is 7.92. The van der Waals surface area contributed by atoms with Gasteiger partial charge in [0.2, 0.25) is 5.91 Å². The first-order chi connectivity index (χ1) is 17.3. The Morgan fingerprint density at radius 3 is 2.44 bits per heavy atom. The van der Waals surface area contributed by atoms with Gasteiger partial charge < -0.3 is 19.7 Å². The molecule has 0 aliphatic carbocycles. The molecule has 0 saturated carbocycles. The average molecular weight is 534 g/mol. The number of anilines is 3. The van der Waals surface area contributed by atoms with E-state index in [1.165, 1.54) is 31.4 Å². The van der Waals surface area contributed by atoms with Crippen molar-refractivity contribution in [2.45, 2.75) is 11.3 Å². The fourth-order valence-electron chi connectivity index (χ4n) is 3.81. The Balaban J connectivity index is 1.63. The van der Waals surface area contributed by atoms with E-state index in [0.29, 0.717) is 43.4 Å². The Morgan fingerprint density at radius 1 is 1.08 bits per heavy atom. The number of rotatable bonds is 8. The van der Waals surface area contributed by atoms with Gasteiger partial charge in [0.1, 0.15) is 16.5 Å². The molecule has 3 aromatic carbocycles. The SMILES string of the molecule is COc1ccc(NS(=O)(=O)c2cc(NC(=O)Cc3c(F)cccc3Cl)ccc2N2CCOCC2)cc1. The van der Waals surface area contributed by atoms with Gasteiger partial charge in [0, 0.05) is 35.1 Å². The number of nitrogens with zero attached hydrogens (tertiary/aromatic N) is 1. The van der Waals surface area contributed by atoms with Crippen molar-refractivity contribution in [3.8, 4) is 5.75 Å². The van der Waals surface area contributed by atoms with Gasteiger partial charge in [-0.15, -0.1) is 0 Å². The molecule has 8 nitrogen and oxygen atoms in total. The highest BCUT2D eigenvalue weighted by Gasteiger charge is 2.25. The summed E-state index contributed by atoms with van der Waals surface area (Å²) in [4.78, 5) is 14.5. The van der Waals surface area contributed by atoms with E-state index in [0.717, 1.165) is 0 Å². The third kappa shape index (κ3) is 6.07. The Labute approximate surface area is 214 Å². The number of methoxy groups -OCH3 is 1. The van der Waals surface area contributed by atoms with Gasteiger partial charge in [-0.05, 0) is 54.6 Å². The van der Waals surface area contributed by atoms with Gasteiger partial charge >= 0.3 is 0 Å². The fraction of sp³-hybridized carbons (Fsp3) is 0.240. The van der Waals surface area contributed by atoms with Crippen molar-refractivity contribution in [2.24, 2.45) is 0 Å². The monoisotopic (exact) mass is 533 g/mol. The first-order valence-electron chi connectivity index (χ1n) is 11.1. The molecule has 0 bridgehead atoms. The number of halogens is 2. The lowest BCUT2D eigenvalue weighted by molar-refractivity contribution is -0.115. The van der Waals surface area contributed by atoms with E-state index < -0.39 is 21.7 Å². The number of carbonyl (C=O) groups excluding carboxylic acids is 1. The van der Waals surface area contributed by atoms with Crippen molar-refractivity contribution in [2.75, 3.05) is 48.4 Å². The standard InChI is InChI=1S/C25H25ClFN3O5S/c1-34-19-8-5-17(6-9-19)29-36(32,33)24-15-18(7-10-23(24)30-11-13-35-14-12-30)28-25(31)16-20-21(26)3-2-4-22(20)27/h2-10,15,29H,11-14,16H2,1H3,(H,28,31). The lowest BCUT2D eigenvalue weighted by Gasteiger charge is -2.30. The van der Waals surface area contributed by atoms with E-state index >= 15 is 0 Å². The third-order valence-electron chi connectivity index (χ3n) is 5.63. The van der Waals surface area contributed by atoms with Crippen LogP contribution in [0.25, 0.3) is 0 Å². The van der Waals surface area contributed by atoms with Crippen LogP contribution in [0.2, 0.25) is 5.02 Å². The number of nitrogens with one attached hydrogen (secondary N) is 2. The summed E-state index contributed by atoms with van der Waals surface area (Å²) in [7, 11) is -2.53. The van der Waals surface area contributed by atoms with Crippen LogP contribution >= 0.6 is 11.6 Å². The van der Waals surface area contributed by atoms with Crippen molar-refractivity contribution in [1.29, 1.82) is 0 Å². The van der Waals surface area contributed by atoms with E-state index in [9.17, 15) is 17.6 Å². The van der Waals surface area contributed by atoms with Crippen LogP contribution in [0.1, 0.15) is 5.56 Å². The normalized spacial score (nSPS) is 13.8. The van der Waals surface area contributed by atoms with Gasteiger partial charge in [0.25, 0.3) is 10.0 Å². The molecule has 1 fully saturated rings. The molecular formula is C25H25ClFN3O5S. The van der Waals surface area contributed by atoms with Gasteiger partial charge in [0.05, 0.1) is 32.4 Å². The molecule has 0 atom stereocenters. The summed E-state index contributed by atoms with van der Waals surface area (Å²) in [5.74, 6) is -0.536. The van der Waals surface area contributed by atoms with Crippen molar-refractivity contribution >= 4 is 44.6 Å². The molecule has 36 heavy (non-hydrogen) atoms. The molecular weight excluding hydrogens is 509 g/mol. The maximum absolute atomic E-state index is 14.1. The number of hydrogen-bond donors (Lipinski definition) is 2. The Hall–Kier alpha value is -3.34. The van der Waals surface area contributed by atoms with Crippen molar-refractivity contribution < 1.29 is 27.1 Å². The molecule has 0 spiro atoms. The second-order valence-electron chi connectivity index (χ2n) is 8.04. The summed E-state index contributed by atoms with van der Waals surface area (Å²) in [5, 5.41) is 2.79. The zero-order chi connectivity index (χ0) is 25.7. The van der Waals surface area contributed by atoms with Crippen LogP contribution in [0, 0.1) is 5.82 Å². The number of amides is 1. The summed E-state index contributed by atoms with van der Waals surface area (Å²) in [5.41, 5.74) is 1.15. The van der Waals surface area contributed by atoms with Gasteiger partial charge in [-0.1, -0.05) is 17.7 Å². The van der Waals surface area contributed by atoms with Crippen LogP contribution in [0.3, 0.4) is 0 Å². The van der Waals surface area contributed by atoms with Crippen molar-refractivity contribution in [1.82, 2.24) is 0 Å². The van der Waals surface area contributed by atoms with Gasteiger partial charge in [-0.3, -0.25) is 9.52 Å². The minimum Gasteiger partial charge on any atom is -0.497 e. The van der Waals surface area contributed by atoms with Crippen molar-refractivity contribution in [3.05, 3.63) is 77.1 Å². The summed E-state index contributed by atoms with van der Waals surface area (Å²) in [6, 6.07) is 15.3. The van der Waals surface area contributed by atoms with Crippen molar-refractivity contribution in [3.63, 3.8) is 0 Å². The quantitative estimate of drug-likeness (QED) is 0.448. The number of sulfonamides is 1. The van der Waals surface area contributed by atoms with Gasteiger partial charge in [-0.25, -0.2) is 12.8 Å². The number of morpholine rings is 1. The van der Waals surface area contributed by atoms with Crippen LogP contribution in [-0.2, 0) is 26.0 Å². The minimum absolute atomic E-state index is 0.0121. The van der Waals surface area contributed by atoms with E-state index in [-0.39, 0.29) is 27.6 Å². The van der Waals surface area contributed by atoms with Gasteiger partial charge in [-0.2, -0.15) is 0 Å². The molecule has 0 unspecified atom stereocenters. The first-order valence-corrected chi connectivity index (χ1v) is 13.0. The second kappa shape index (κ2) is 11.2. The predicted octanol–water partition coefficient (Wildman–Crippen LogP) is 4.31. The van der Waals surface area contributed by atoms with Crippen LogP contribution in [-0.4, -0.2) is 47.7 Å². The predicted molar refractivity (Wildman–Crippen MR) is 137 cm³/mol. The Kier molecular flexibility index (Phi) is 7.97. The largest absolute Gasteiger partial charge is 0.497 e. The summed E-state index contributed by atoms with van der Waals surface area (Å²) >= 11 is 6.03. The van der Waals surface area contributed by atoms with E-state index in [2.05, 4.69) is 10.0 Å². The molecule has 1 aliphatic rings. The molecule has 3 aromatic rings. The van der Waals surface area contributed by atoms with E-state index in [1.807, 2.05) is 4.90 Å². The summed E-state index contributed by atoms with van der Waals surface area (Å²) in [6.45, 7) is 1.96. The molecule has 1 saturated heterocycles. The maximum Gasteiger partial charge on any atom is 0.264 e. The number of benzene rings is 3. The molecule has 0 aromatic heterocycles. The lowest BCUT2D eigenvalue weighted by atomic mass is 10.1. The van der Waals surface area contributed by atoms with Crippen LogP contribution in [0.4, 0.5) is 21.5 Å². The molecule has 1 heterocycles. The number of carbonyl (C=O) groups is 1. The van der Waals surface area contributed by atoms with E-state index in [1.54, 1.807) is 36.4 Å². The van der Waals surface area contributed by atoms with Crippen LogP contribution < -0.4 is 19.7 Å². The first kappa shape index (κ1) is 25.7. The molecule has 1 aliphatic heterocycles. The lowest BCUT2D eigenvalue weighted by Crippen LogP contribution is -2.37. The third-order valence-corrected chi connectivity index (χ3v) is 7.39. The molecule has 11 heteroatoms. The topological polar surface area (TPSA) is 97.0 Å².